The van der Waals surface area contributed by atoms with Crippen LogP contribution in [0.15, 0.2) is 53.1 Å². The molecule has 1 saturated heterocycles. The molecule has 1 aromatic heterocycles. The molecule has 0 aliphatic carbocycles. The molecule has 1 unspecified atom stereocenters. The van der Waals surface area contributed by atoms with Gasteiger partial charge in [0.15, 0.2) is 6.61 Å². The first-order valence-electron chi connectivity index (χ1n) is 8.39. The number of hydrogen-bond acceptors (Lipinski definition) is 5. The Balaban J connectivity index is 0.000000596. The number of nitrogens with one attached hydrogen (secondary N) is 2. The molecular formula is C19H22N2O6. The molecule has 0 saturated carbocycles. The summed E-state index contributed by atoms with van der Waals surface area (Å²) >= 11 is 0. The highest BCUT2D eigenvalue weighted by atomic mass is 16.5. The van der Waals surface area contributed by atoms with Gasteiger partial charge in [-0.3, -0.25) is 14.4 Å². The Labute approximate surface area is 156 Å². The van der Waals surface area contributed by atoms with Crippen LogP contribution in [0.5, 0.6) is 5.75 Å². The zero-order valence-corrected chi connectivity index (χ0v) is 15.0. The molecule has 2 heterocycles. The summed E-state index contributed by atoms with van der Waals surface area (Å²) in [4.78, 5) is 32.7. The number of carboxylic acid groups (broad SMARTS) is 1. The molecule has 144 valence electrons. The minimum Gasteiger partial charge on any atom is -0.484 e. The predicted octanol–water partition coefficient (Wildman–Crippen LogP) is 1.54. The third-order valence-electron chi connectivity index (χ3n) is 3.91. The highest BCUT2D eigenvalue weighted by molar-refractivity contribution is 5.94. The van der Waals surface area contributed by atoms with E-state index in [-0.39, 0.29) is 30.4 Å². The Morgan fingerprint density at radius 2 is 1.93 bits per heavy atom. The van der Waals surface area contributed by atoms with Crippen molar-refractivity contribution in [1.82, 2.24) is 10.6 Å². The van der Waals surface area contributed by atoms with Crippen molar-refractivity contribution in [2.24, 2.45) is 0 Å². The van der Waals surface area contributed by atoms with Gasteiger partial charge in [0.05, 0.1) is 12.3 Å². The molecule has 8 heteroatoms. The smallest absolute Gasteiger partial charge is 0.300 e. The van der Waals surface area contributed by atoms with Crippen LogP contribution in [0.3, 0.4) is 0 Å². The van der Waals surface area contributed by atoms with Gasteiger partial charge >= 0.3 is 0 Å². The Bertz CT molecular complexity index is 756. The number of carbonyl (C=O) groups excluding carboxylic acids is 2. The molecule has 1 aliphatic rings. The van der Waals surface area contributed by atoms with Gasteiger partial charge in [0.2, 0.25) is 5.91 Å². The zero-order chi connectivity index (χ0) is 19.8. The zero-order valence-electron chi connectivity index (χ0n) is 15.0. The summed E-state index contributed by atoms with van der Waals surface area (Å²) in [5, 5.41) is 12.9. The van der Waals surface area contributed by atoms with E-state index in [2.05, 4.69) is 10.6 Å². The lowest BCUT2D eigenvalue weighted by Gasteiger charge is -2.40. The highest BCUT2D eigenvalue weighted by Gasteiger charge is 2.44. The molecule has 1 fully saturated rings. The van der Waals surface area contributed by atoms with E-state index in [1.807, 2.05) is 31.2 Å². The Morgan fingerprint density at radius 1 is 1.26 bits per heavy atom. The average Bonchev–Trinajstić information content (AvgIpc) is 3.17. The number of rotatable bonds is 6. The van der Waals surface area contributed by atoms with Crippen LogP contribution < -0.4 is 15.4 Å². The number of benzene rings is 1. The van der Waals surface area contributed by atoms with E-state index < -0.39 is 12.0 Å². The topological polar surface area (TPSA) is 118 Å². The summed E-state index contributed by atoms with van der Waals surface area (Å²) < 4.78 is 10.7. The Kier molecular flexibility index (Phi) is 6.99. The second kappa shape index (κ2) is 9.42. The van der Waals surface area contributed by atoms with Crippen molar-refractivity contribution >= 4 is 17.8 Å². The monoisotopic (exact) mass is 374 g/mol. The van der Waals surface area contributed by atoms with Gasteiger partial charge in [0.1, 0.15) is 17.6 Å². The Hall–Kier alpha value is -3.29. The first-order valence-corrected chi connectivity index (χ1v) is 8.39. The molecule has 1 aliphatic heterocycles. The van der Waals surface area contributed by atoms with Crippen molar-refractivity contribution in [3.05, 3.63) is 54.5 Å². The summed E-state index contributed by atoms with van der Waals surface area (Å²) in [6.07, 6.45) is 1.59. The van der Waals surface area contributed by atoms with E-state index in [9.17, 15) is 9.59 Å². The lowest BCUT2D eigenvalue weighted by molar-refractivity contribution is -0.137. The minimum absolute atomic E-state index is 0.0250. The van der Waals surface area contributed by atoms with Gasteiger partial charge in [-0.15, -0.1) is 0 Å². The van der Waals surface area contributed by atoms with Crippen LogP contribution in [0.2, 0.25) is 0 Å². The third-order valence-corrected chi connectivity index (χ3v) is 3.91. The second-order valence-electron chi connectivity index (χ2n) is 6.00. The molecule has 3 rings (SSSR count). The molecule has 0 spiro atoms. The number of amides is 2. The van der Waals surface area contributed by atoms with Crippen molar-refractivity contribution in [2.75, 3.05) is 6.61 Å². The van der Waals surface area contributed by atoms with Crippen molar-refractivity contribution in [2.45, 2.75) is 31.8 Å². The SMILES string of the molecule is CC(=O)O.CC(c1ccco1)[C@H]1NC(=O)[C@H]1NC(=O)COc1ccccc1. The molecule has 1 aromatic carbocycles. The van der Waals surface area contributed by atoms with Crippen LogP contribution in [-0.2, 0) is 14.4 Å². The van der Waals surface area contributed by atoms with Gasteiger partial charge in [-0.2, -0.15) is 0 Å². The molecule has 0 radical (unpaired) electrons. The van der Waals surface area contributed by atoms with Crippen LogP contribution in [0.25, 0.3) is 0 Å². The van der Waals surface area contributed by atoms with Crippen LogP contribution in [0.1, 0.15) is 25.5 Å². The number of ether oxygens (including phenoxy) is 1. The molecule has 2 aromatic rings. The van der Waals surface area contributed by atoms with Gasteiger partial charge in [-0.1, -0.05) is 25.1 Å². The fourth-order valence-corrected chi connectivity index (χ4v) is 2.58. The number of carboxylic acids is 1. The van der Waals surface area contributed by atoms with E-state index >= 15 is 0 Å². The highest BCUT2D eigenvalue weighted by Crippen LogP contribution is 2.26. The number of para-hydroxylation sites is 1. The number of aliphatic carboxylic acids is 1. The van der Waals surface area contributed by atoms with Crippen molar-refractivity contribution in [1.29, 1.82) is 0 Å². The summed E-state index contributed by atoms with van der Waals surface area (Å²) in [5.41, 5.74) is 0. The third kappa shape index (κ3) is 5.88. The summed E-state index contributed by atoms with van der Waals surface area (Å²) in [7, 11) is 0. The lowest BCUT2D eigenvalue weighted by Crippen LogP contribution is -2.70. The van der Waals surface area contributed by atoms with Gasteiger partial charge in [0.25, 0.3) is 11.9 Å². The van der Waals surface area contributed by atoms with Crippen LogP contribution in [0, 0.1) is 0 Å². The summed E-state index contributed by atoms with van der Waals surface area (Å²) in [5.74, 6) is 0.00542. The minimum atomic E-state index is -0.833. The molecule has 3 N–H and O–H groups in total. The maximum atomic E-state index is 12.0. The van der Waals surface area contributed by atoms with Crippen LogP contribution in [0.4, 0.5) is 0 Å². The largest absolute Gasteiger partial charge is 0.484 e. The molecular weight excluding hydrogens is 352 g/mol. The number of hydrogen-bond donors (Lipinski definition) is 3. The number of β-lactam (4-membered cyclic amide) rings is 1. The van der Waals surface area contributed by atoms with E-state index in [1.54, 1.807) is 24.5 Å². The van der Waals surface area contributed by atoms with Gasteiger partial charge in [0, 0.05) is 12.8 Å². The normalized spacial score (nSPS) is 18.8. The van der Waals surface area contributed by atoms with E-state index in [1.165, 1.54) is 0 Å². The first kappa shape index (κ1) is 20.0. The molecule has 2 amide bonds. The molecule has 3 atom stereocenters. The predicted molar refractivity (Wildman–Crippen MR) is 96.2 cm³/mol. The van der Waals surface area contributed by atoms with E-state index in [0.717, 1.165) is 12.7 Å². The van der Waals surface area contributed by atoms with Crippen molar-refractivity contribution < 1.29 is 28.6 Å². The molecule has 0 bridgehead atoms. The van der Waals surface area contributed by atoms with Crippen molar-refractivity contribution in [3.63, 3.8) is 0 Å². The second-order valence-corrected chi connectivity index (χ2v) is 6.00. The fraction of sp³-hybridized carbons (Fsp3) is 0.316. The van der Waals surface area contributed by atoms with E-state index in [0.29, 0.717) is 5.75 Å². The van der Waals surface area contributed by atoms with Crippen LogP contribution >= 0.6 is 0 Å². The number of furan rings is 1. The average molecular weight is 374 g/mol. The molecule has 27 heavy (non-hydrogen) atoms. The standard InChI is InChI=1S/C17H18N2O4.C2H4O2/c1-11(13-8-5-9-22-13)15-16(17(21)19-15)18-14(20)10-23-12-6-3-2-4-7-12;1-2(3)4/h2-9,11,15-16H,10H2,1H3,(H,18,20)(H,19,21);1H3,(H,3,4)/t11?,15-,16+;/m1./s1. The quantitative estimate of drug-likeness (QED) is 0.660. The number of carbonyl (C=O) groups is 3. The van der Waals surface area contributed by atoms with E-state index in [4.69, 9.17) is 19.1 Å². The van der Waals surface area contributed by atoms with Gasteiger partial charge < -0.3 is 24.9 Å². The van der Waals surface area contributed by atoms with Gasteiger partial charge in [-0.05, 0) is 24.3 Å². The summed E-state index contributed by atoms with van der Waals surface area (Å²) in [6.45, 7) is 2.90. The maximum absolute atomic E-state index is 12.0. The maximum Gasteiger partial charge on any atom is 0.300 e. The summed E-state index contributed by atoms with van der Waals surface area (Å²) in [6, 6.07) is 12.0. The van der Waals surface area contributed by atoms with Crippen LogP contribution in [-0.4, -0.2) is 41.6 Å². The van der Waals surface area contributed by atoms with Gasteiger partial charge in [-0.25, -0.2) is 0 Å². The fourth-order valence-electron chi connectivity index (χ4n) is 2.58. The first-order chi connectivity index (χ1) is 12.9. The molecule has 8 nitrogen and oxygen atoms in total. The lowest BCUT2D eigenvalue weighted by atomic mass is 9.86. The van der Waals surface area contributed by atoms with Crippen molar-refractivity contribution in [3.8, 4) is 5.75 Å². The Morgan fingerprint density at radius 3 is 2.48 bits per heavy atom.